The Hall–Kier alpha value is -1.30. The zero-order valence-corrected chi connectivity index (χ0v) is 12.5. The van der Waals surface area contributed by atoms with Crippen molar-refractivity contribution in [2.24, 2.45) is 0 Å². The average molecular weight is 294 g/mol. The summed E-state index contributed by atoms with van der Waals surface area (Å²) in [4.78, 5) is 12.2. The minimum atomic E-state index is -0.0742. The van der Waals surface area contributed by atoms with Gasteiger partial charge in [0.1, 0.15) is 10.6 Å². The number of nitrogens with one attached hydrogen (secondary N) is 2. The van der Waals surface area contributed by atoms with Gasteiger partial charge < -0.3 is 16.4 Å². The van der Waals surface area contributed by atoms with Crippen LogP contribution in [0.3, 0.4) is 0 Å². The summed E-state index contributed by atoms with van der Waals surface area (Å²) in [6.07, 6.45) is 9.65. The highest BCUT2D eigenvalue weighted by atomic mass is 32.1. The predicted octanol–water partition coefficient (Wildman–Crippen LogP) is 2.75. The number of rotatable bonds is 4. The number of nitrogens with two attached hydrogens (primary N) is 1. The molecular weight excluding hydrogens is 272 g/mol. The fourth-order valence-electron chi connectivity index (χ4n) is 2.71. The van der Waals surface area contributed by atoms with Crippen molar-refractivity contribution in [3.8, 4) is 0 Å². The van der Waals surface area contributed by atoms with Crippen molar-refractivity contribution in [3.63, 3.8) is 0 Å². The van der Waals surface area contributed by atoms with Crippen molar-refractivity contribution in [1.29, 1.82) is 0 Å². The zero-order valence-electron chi connectivity index (χ0n) is 11.7. The van der Waals surface area contributed by atoms with Crippen molar-refractivity contribution in [2.75, 3.05) is 11.1 Å². The molecule has 2 aliphatic carbocycles. The highest BCUT2D eigenvalue weighted by Crippen LogP contribution is 2.31. The first-order chi connectivity index (χ1) is 9.74. The lowest BCUT2D eigenvalue weighted by Crippen LogP contribution is -2.27. The number of nitrogen functional groups attached to an aromatic ring is 1. The SMILES string of the molecule is Nc1nsc(NC2CCCCCC2)c1C(=O)NC1CC1. The maximum Gasteiger partial charge on any atom is 0.258 e. The normalized spacial score (nSPS) is 20.4. The van der Waals surface area contributed by atoms with E-state index in [-0.39, 0.29) is 5.91 Å². The smallest absolute Gasteiger partial charge is 0.258 e. The number of nitrogens with zero attached hydrogens (tertiary/aromatic N) is 1. The number of carbonyl (C=O) groups is 1. The molecule has 0 saturated heterocycles. The number of carbonyl (C=O) groups excluding carboxylic acids is 1. The number of aromatic nitrogens is 1. The van der Waals surface area contributed by atoms with Crippen LogP contribution in [0.1, 0.15) is 61.7 Å². The average Bonchev–Trinajstić information content (AvgIpc) is 3.19. The Labute approximate surface area is 123 Å². The van der Waals surface area contributed by atoms with Crippen molar-refractivity contribution in [3.05, 3.63) is 5.56 Å². The monoisotopic (exact) mass is 294 g/mol. The van der Waals surface area contributed by atoms with Crippen LogP contribution in [0.15, 0.2) is 0 Å². The van der Waals surface area contributed by atoms with E-state index in [1.54, 1.807) is 0 Å². The van der Waals surface area contributed by atoms with E-state index in [4.69, 9.17) is 5.73 Å². The molecule has 0 bridgehead atoms. The van der Waals surface area contributed by atoms with Gasteiger partial charge in [-0.2, -0.15) is 4.37 Å². The van der Waals surface area contributed by atoms with Gasteiger partial charge in [0.25, 0.3) is 5.91 Å². The van der Waals surface area contributed by atoms with Crippen LogP contribution in [-0.4, -0.2) is 22.4 Å². The van der Waals surface area contributed by atoms with Crippen LogP contribution in [-0.2, 0) is 0 Å². The molecule has 1 amide bonds. The van der Waals surface area contributed by atoms with Crippen molar-refractivity contribution in [1.82, 2.24) is 9.69 Å². The van der Waals surface area contributed by atoms with Crippen molar-refractivity contribution in [2.45, 2.75) is 63.5 Å². The van der Waals surface area contributed by atoms with Crippen LogP contribution in [0.4, 0.5) is 10.8 Å². The third-order valence-corrected chi connectivity index (χ3v) is 4.84. The van der Waals surface area contributed by atoms with Gasteiger partial charge in [0.05, 0.1) is 0 Å². The van der Waals surface area contributed by atoms with Crippen LogP contribution in [0, 0.1) is 0 Å². The summed E-state index contributed by atoms with van der Waals surface area (Å²) in [7, 11) is 0. The Kier molecular flexibility index (Phi) is 4.10. The van der Waals surface area contributed by atoms with E-state index in [2.05, 4.69) is 15.0 Å². The number of hydrogen-bond acceptors (Lipinski definition) is 5. The molecule has 3 rings (SSSR count). The van der Waals surface area contributed by atoms with Crippen LogP contribution < -0.4 is 16.4 Å². The van der Waals surface area contributed by atoms with Gasteiger partial charge in [-0.25, -0.2) is 0 Å². The number of anilines is 2. The zero-order chi connectivity index (χ0) is 13.9. The summed E-state index contributed by atoms with van der Waals surface area (Å²) >= 11 is 1.31. The summed E-state index contributed by atoms with van der Waals surface area (Å²) in [5.41, 5.74) is 6.42. The van der Waals surface area contributed by atoms with E-state index >= 15 is 0 Å². The second-order valence-electron chi connectivity index (χ2n) is 5.85. The molecule has 1 heterocycles. The van der Waals surface area contributed by atoms with Crippen LogP contribution in [0.25, 0.3) is 0 Å². The molecule has 20 heavy (non-hydrogen) atoms. The van der Waals surface area contributed by atoms with Gasteiger partial charge in [0, 0.05) is 12.1 Å². The molecule has 110 valence electrons. The van der Waals surface area contributed by atoms with E-state index in [0.29, 0.717) is 23.5 Å². The molecule has 2 saturated carbocycles. The van der Waals surface area contributed by atoms with E-state index in [1.807, 2.05) is 0 Å². The minimum Gasteiger partial charge on any atom is -0.382 e. The van der Waals surface area contributed by atoms with E-state index in [1.165, 1.54) is 50.1 Å². The Morgan fingerprint density at radius 1 is 1.10 bits per heavy atom. The standard InChI is InChI=1S/C14H22N4OS/c15-12-11(13(19)16-10-7-8-10)14(20-18-12)17-9-5-3-1-2-4-6-9/h9-10,17H,1-8H2,(H2,15,18)(H,16,19). The molecule has 1 aromatic rings. The first-order valence-corrected chi connectivity index (χ1v) is 8.34. The number of amides is 1. The Balaban J connectivity index is 1.70. The molecule has 0 radical (unpaired) electrons. The third kappa shape index (κ3) is 3.23. The van der Waals surface area contributed by atoms with Crippen LogP contribution in [0.2, 0.25) is 0 Å². The second kappa shape index (κ2) is 5.99. The van der Waals surface area contributed by atoms with Gasteiger partial charge in [0.2, 0.25) is 0 Å². The predicted molar refractivity (Wildman–Crippen MR) is 82.1 cm³/mol. The molecule has 2 aliphatic rings. The van der Waals surface area contributed by atoms with Gasteiger partial charge in [-0.1, -0.05) is 25.7 Å². The maximum atomic E-state index is 12.2. The fraction of sp³-hybridized carbons (Fsp3) is 0.714. The Morgan fingerprint density at radius 2 is 1.80 bits per heavy atom. The van der Waals surface area contributed by atoms with Gasteiger partial charge in [-0.15, -0.1) is 0 Å². The first-order valence-electron chi connectivity index (χ1n) is 7.56. The largest absolute Gasteiger partial charge is 0.382 e. The second-order valence-corrected chi connectivity index (χ2v) is 6.63. The van der Waals surface area contributed by atoms with Crippen molar-refractivity contribution >= 4 is 28.3 Å². The highest BCUT2D eigenvalue weighted by Gasteiger charge is 2.28. The third-order valence-electron chi connectivity index (χ3n) is 4.05. The van der Waals surface area contributed by atoms with Gasteiger partial charge in [0.15, 0.2) is 5.82 Å². The Bertz CT molecular complexity index is 476. The molecule has 4 N–H and O–H groups in total. The summed E-state index contributed by atoms with van der Waals surface area (Å²) in [5.74, 6) is 0.277. The maximum absolute atomic E-state index is 12.2. The lowest BCUT2D eigenvalue weighted by atomic mass is 10.1. The lowest BCUT2D eigenvalue weighted by molar-refractivity contribution is 0.0953. The van der Waals surface area contributed by atoms with E-state index in [0.717, 1.165) is 17.8 Å². The van der Waals surface area contributed by atoms with Crippen LogP contribution in [0.5, 0.6) is 0 Å². The highest BCUT2D eigenvalue weighted by molar-refractivity contribution is 7.11. The van der Waals surface area contributed by atoms with E-state index in [9.17, 15) is 4.79 Å². The number of hydrogen-bond donors (Lipinski definition) is 3. The molecule has 0 atom stereocenters. The lowest BCUT2D eigenvalue weighted by Gasteiger charge is -2.17. The molecule has 2 fully saturated rings. The topological polar surface area (TPSA) is 80.0 Å². The molecule has 5 nitrogen and oxygen atoms in total. The van der Waals surface area contributed by atoms with Gasteiger partial charge >= 0.3 is 0 Å². The van der Waals surface area contributed by atoms with Gasteiger partial charge in [-0.05, 0) is 37.2 Å². The van der Waals surface area contributed by atoms with Crippen molar-refractivity contribution < 1.29 is 4.79 Å². The quantitative estimate of drug-likeness (QED) is 0.746. The Morgan fingerprint density at radius 3 is 2.45 bits per heavy atom. The molecule has 0 aliphatic heterocycles. The summed E-state index contributed by atoms with van der Waals surface area (Å²) in [6, 6.07) is 0.789. The fourth-order valence-corrected chi connectivity index (χ4v) is 3.50. The van der Waals surface area contributed by atoms with Gasteiger partial charge in [-0.3, -0.25) is 4.79 Å². The molecule has 0 aromatic carbocycles. The van der Waals surface area contributed by atoms with Crippen LogP contribution >= 0.6 is 11.5 Å². The molecule has 1 aromatic heterocycles. The molecule has 6 heteroatoms. The summed E-state index contributed by atoms with van der Waals surface area (Å²) in [6.45, 7) is 0. The summed E-state index contributed by atoms with van der Waals surface area (Å²) in [5, 5.41) is 7.34. The minimum absolute atomic E-state index is 0.0742. The molecule has 0 unspecified atom stereocenters. The summed E-state index contributed by atoms with van der Waals surface area (Å²) < 4.78 is 4.15. The molecular formula is C14H22N4OS. The molecule has 0 spiro atoms. The van der Waals surface area contributed by atoms with E-state index < -0.39 is 0 Å². The first kappa shape index (κ1) is 13.7.